The molecule has 90 valence electrons. The normalized spacial score (nSPS) is 9.89. The van der Waals surface area contributed by atoms with E-state index >= 15 is 0 Å². The van der Waals surface area contributed by atoms with E-state index in [4.69, 9.17) is 16.9 Å². The molecule has 0 bridgehead atoms. The highest BCUT2D eigenvalue weighted by atomic mass is 79.9. The summed E-state index contributed by atoms with van der Waals surface area (Å²) in [4.78, 5) is 0. The summed E-state index contributed by atoms with van der Waals surface area (Å²) in [6, 6.07) is 11.2. The lowest BCUT2D eigenvalue weighted by molar-refractivity contribution is 0.627. The van der Waals surface area contributed by atoms with E-state index in [-0.39, 0.29) is 5.56 Å². The van der Waals surface area contributed by atoms with Crippen molar-refractivity contribution in [3.63, 3.8) is 0 Å². The highest BCUT2D eigenvalue weighted by molar-refractivity contribution is 9.10. The van der Waals surface area contributed by atoms with Crippen molar-refractivity contribution in [2.45, 2.75) is 0 Å². The fraction of sp³-hybridized carbons (Fsp3) is 0. The monoisotopic (exact) mass is 324 g/mol. The molecule has 0 aliphatic heterocycles. The number of rotatable bonds is 2. The van der Waals surface area contributed by atoms with Gasteiger partial charge in [-0.1, -0.05) is 27.5 Å². The standard InChI is InChI=1S/C13H7BrClFN2/c14-9-1-3-13(11(15)6-9)18-12-4-2-10(16)5-8(12)7-17/h1-6,18H. The van der Waals surface area contributed by atoms with Crippen molar-refractivity contribution >= 4 is 38.9 Å². The second kappa shape index (κ2) is 5.38. The van der Waals surface area contributed by atoms with E-state index in [1.165, 1.54) is 18.2 Å². The smallest absolute Gasteiger partial charge is 0.124 e. The van der Waals surface area contributed by atoms with Crippen molar-refractivity contribution < 1.29 is 4.39 Å². The van der Waals surface area contributed by atoms with Crippen LogP contribution in [0.5, 0.6) is 0 Å². The first-order chi connectivity index (χ1) is 8.60. The minimum atomic E-state index is -0.445. The maximum absolute atomic E-state index is 13.0. The summed E-state index contributed by atoms with van der Waals surface area (Å²) >= 11 is 9.36. The Balaban J connectivity index is 2.37. The van der Waals surface area contributed by atoms with Gasteiger partial charge in [0.2, 0.25) is 0 Å². The third kappa shape index (κ3) is 2.81. The van der Waals surface area contributed by atoms with Gasteiger partial charge in [-0.05, 0) is 36.4 Å². The summed E-state index contributed by atoms with van der Waals surface area (Å²) < 4.78 is 13.9. The van der Waals surface area contributed by atoms with Gasteiger partial charge in [0.15, 0.2) is 0 Å². The van der Waals surface area contributed by atoms with Crippen LogP contribution in [0.25, 0.3) is 0 Å². The molecule has 0 amide bonds. The Bertz CT molecular complexity index is 637. The molecule has 0 saturated carbocycles. The molecule has 0 spiro atoms. The highest BCUT2D eigenvalue weighted by Gasteiger charge is 2.06. The van der Waals surface area contributed by atoms with Crippen LogP contribution in [0.3, 0.4) is 0 Å². The largest absolute Gasteiger partial charge is 0.353 e. The zero-order valence-corrected chi connectivity index (χ0v) is 11.4. The van der Waals surface area contributed by atoms with E-state index in [2.05, 4.69) is 21.2 Å². The summed E-state index contributed by atoms with van der Waals surface area (Å²) in [5.41, 5.74) is 1.40. The number of hydrogen-bond acceptors (Lipinski definition) is 2. The van der Waals surface area contributed by atoms with E-state index in [1.807, 2.05) is 12.1 Å². The van der Waals surface area contributed by atoms with Gasteiger partial charge in [-0.2, -0.15) is 5.26 Å². The molecule has 2 nitrogen and oxygen atoms in total. The molecule has 0 aliphatic rings. The fourth-order valence-electron chi connectivity index (χ4n) is 1.45. The molecule has 0 atom stereocenters. The molecule has 0 aromatic heterocycles. The number of nitrogens with one attached hydrogen (secondary N) is 1. The predicted molar refractivity (Wildman–Crippen MR) is 73.5 cm³/mol. The molecule has 0 unspecified atom stereocenters. The van der Waals surface area contributed by atoms with E-state index < -0.39 is 5.82 Å². The van der Waals surface area contributed by atoms with Gasteiger partial charge in [0, 0.05) is 4.47 Å². The molecule has 0 saturated heterocycles. The Kier molecular flexibility index (Phi) is 3.85. The summed E-state index contributed by atoms with van der Waals surface area (Å²) in [5.74, 6) is -0.445. The summed E-state index contributed by atoms with van der Waals surface area (Å²) in [6.45, 7) is 0. The Morgan fingerprint density at radius 1 is 1.17 bits per heavy atom. The van der Waals surface area contributed by atoms with Gasteiger partial charge in [-0.25, -0.2) is 4.39 Å². The van der Waals surface area contributed by atoms with E-state index in [0.717, 1.165) is 4.47 Å². The van der Waals surface area contributed by atoms with Gasteiger partial charge in [0.25, 0.3) is 0 Å². The quantitative estimate of drug-likeness (QED) is 0.856. The van der Waals surface area contributed by atoms with Crippen LogP contribution in [-0.2, 0) is 0 Å². The molecule has 5 heteroatoms. The van der Waals surface area contributed by atoms with Gasteiger partial charge in [-0.3, -0.25) is 0 Å². The topological polar surface area (TPSA) is 35.8 Å². The maximum atomic E-state index is 13.0. The van der Waals surface area contributed by atoms with E-state index in [0.29, 0.717) is 16.4 Å². The second-order valence-corrected chi connectivity index (χ2v) is 4.87. The van der Waals surface area contributed by atoms with Crippen molar-refractivity contribution in [1.82, 2.24) is 0 Å². The van der Waals surface area contributed by atoms with Crippen LogP contribution in [0.15, 0.2) is 40.9 Å². The van der Waals surface area contributed by atoms with Crippen LogP contribution in [-0.4, -0.2) is 0 Å². The third-order valence-corrected chi connectivity index (χ3v) is 3.11. The SMILES string of the molecule is N#Cc1cc(F)ccc1Nc1ccc(Br)cc1Cl. The molecular formula is C13H7BrClFN2. The van der Waals surface area contributed by atoms with E-state index in [9.17, 15) is 4.39 Å². The lowest BCUT2D eigenvalue weighted by atomic mass is 10.2. The van der Waals surface area contributed by atoms with Crippen molar-refractivity contribution in [2.75, 3.05) is 5.32 Å². The summed E-state index contributed by atoms with van der Waals surface area (Å²) in [7, 11) is 0. The molecule has 2 aromatic carbocycles. The predicted octanol–water partition coefficient (Wildman–Crippen LogP) is 4.86. The van der Waals surface area contributed by atoms with Gasteiger partial charge in [-0.15, -0.1) is 0 Å². The lowest BCUT2D eigenvalue weighted by Crippen LogP contribution is -1.95. The zero-order valence-electron chi connectivity index (χ0n) is 9.05. The first kappa shape index (κ1) is 12.9. The van der Waals surface area contributed by atoms with Crippen molar-refractivity contribution in [2.24, 2.45) is 0 Å². The number of anilines is 2. The van der Waals surface area contributed by atoms with Crippen LogP contribution in [0.2, 0.25) is 5.02 Å². The highest BCUT2D eigenvalue weighted by Crippen LogP contribution is 2.29. The third-order valence-electron chi connectivity index (χ3n) is 2.30. The Hall–Kier alpha value is -1.57. The lowest BCUT2D eigenvalue weighted by Gasteiger charge is -2.10. The van der Waals surface area contributed by atoms with Crippen LogP contribution in [0.1, 0.15) is 5.56 Å². The van der Waals surface area contributed by atoms with Crippen molar-refractivity contribution in [3.05, 3.63) is 57.3 Å². The van der Waals surface area contributed by atoms with Gasteiger partial charge < -0.3 is 5.32 Å². The van der Waals surface area contributed by atoms with E-state index in [1.54, 1.807) is 12.1 Å². The molecule has 0 radical (unpaired) electrons. The van der Waals surface area contributed by atoms with Gasteiger partial charge >= 0.3 is 0 Å². The van der Waals surface area contributed by atoms with Crippen molar-refractivity contribution in [1.29, 1.82) is 5.26 Å². The number of hydrogen-bond donors (Lipinski definition) is 1. The zero-order chi connectivity index (χ0) is 13.1. The number of nitrogens with zero attached hydrogens (tertiary/aromatic N) is 1. The molecule has 0 heterocycles. The number of benzene rings is 2. The maximum Gasteiger partial charge on any atom is 0.124 e. The number of halogens is 3. The molecule has 18 heavy (non-hydrogen) atoms. The molecule has 0 fully saturated rings. The average molecular weight is 326 g/mol. The number of nitriles is 1. The van der Waals surface area contributed by atoms with Crippen molar-refractivity contribution in [3.8, 4) is 6.07 Å². The summed E-state index contributed by atoms with van der Waals surface area (Å²) in [6.07, 6.45) is 0. The van der Waals surface area contributed by atoms with Crippen LogP contribution in [0, 0.1) is 17.1 Å². The molecule has 2 aromatic rings. The van der Waals surface area contributed by atoms with Crippen LogP contribution >= 0.6 is 27.5 Å². The first-order valence-corrected chi connectivity index (χ1v) is 6.19. The minimum Gasteiger partial charge on any atom is -0.353 e. The summed E-state index contributed by atoms with van der Waals surface area (Å²) in [5, 5.41) is 12.5. The van der Waals surface area contributed by atoms with Gasteiger partial charge in [0.1, 0.15) is 11.9 Å². The molecular weight excluding hydrogens is 319 g/mol. The Morgan fingerprint density at radius 3 is 2.56 bits per heavy atom. The Morgan fingerprint density at radius 2 is 1.89 bits per heavy atom. The minimum absolute atomic E-state index is 0.231. The molecule has 2 rings (SSSR count). The van der Waals surface area contributed by atoms with Gasteiger partial charge in [0.05, 0.1) is 22.0 Å². The fourth-order valence-corrected chi connectivity index (χ4v) is 2.17. The molecule has 1 N–H and O–H groups in total. The first-order valence-electron chi connectivity index (χ1n) is 5.02. The molecule has 0 aliphatic carbocycles. The second-order valence-electron chi connectivity index (χ2n) is 3.55. The Labute approximate surface area is 117 Å². The van der Waals surface area contributed by atoms with Crippen LogP contribution in [0.4, 0.5) is 15.8 Å². The average Bonchev–Trinajstić information content (AvgIpc) is 2.34. The van der Waals surface area contributed by atoms with Crippen LogP contribution < -0.4 is 5.32 Å².